The van der Waals surface area contributed by atoms with Crippen molar-refractivity contribution in [1.29, 1.82) is 0 Å². The molecule has 4 rings (SSSR count). The highest BCUT2D eigenvalue weighted by Crippen LogP contribution is 2.30. The molecule has 0 N–H and O–H groups in total. The van der Waals surface area contributed by atoms with Gasteiger partial charge in [-0.15, -0.1) is 0 Å². The average molecular weight is 601 g/mol. The number of aldehydes is 1. The molecule has 2 aliphatic rings. The number of likely N-dealkylation sites (N-methyl/N-ethyl adjacent to an activating group) is 4. The number of hydrogen-bond donors (Lipinski definition) is 0. The first-order valence-electron chi connectivity index (χ1n) is 13.9. The van der Waals surface area contributed by atoms with Gasteiger partial charge in [0.15, 0.2) is 0 Å². The molecule has 11 heteroatoms. The summed E-state index contributed by atoms with van der Waals surface area (Å²) in [6, 6.07) is 10.9. The van der Waals surface area contributed by atoms with Crippen molar-refractivity contribution >= 4 is 12.4 Å². The Morgan fingerprint density at radius 2 is 1.12 bits per heavy atom. The first kappa shape index (κ1) is 35.5. The number of carbonyl (C=O) groups is 1. The summed E-state index contributed by atoms with van der Waals surface area (Å²) in [5, 5.41) is 0. The van der Waals surface area contributed by atoms with Crippen molar-refractivity contribution in [3.8, 4) is 0 Å². The van der Waals surface area contributed by atoms with Crippen LogP contribution in [0.5, 0.6) is 0 Å². The van der Waals surface area contributed by atoms with E-state index in [0.717, 1.165) is 87.4 Å². The molecule has 2 aromatic rings. The summed E-state index contributed by atoms with van der Waals surface area (Å²) in [4.78, 5) is 19.2. The van der Waals surface area contributed by atoms with Crippen molar-refractivity contribution in [2.45, 2.75) is 37.8 Å². The van der Waals surface area contributed by atoms with Gasteiger partial charge in [0.05, 0.1) is 17.2 Å². The topological polar surface area (TPSA) is 30.0 Å². The third-order valence-corrected chi connectivity index (χ3v) is 7.39. The number of alkyl halides is 6. The Morgan fingerprint density at radius 3 is 1.52 bits per heavy atom. The molecule has 2 saturated heterocycles. The van der Waals surface area contributed by atoms with Gasteiger partial charge >= 0.3 is 12.4 Å². The second-order valence-electron chi connectivity index (χ2n) is 10.8. The number of benzene rings is 2. The van der Waals surface area contributed by atoms with E-state index in [1.165, 1.54) is 24.3 Å². The van der Waals surface area contributed by atoms with E-state index in [9.17, 15) is 31.1 Å². The number of hydrogen-bond acceptors (Lipinski definition) is 5. The Kier molecular flexibility index (Phi) is 13.7. The number of carbonyl (C=O) groups excluding carboxylic acids is 1. The maximum absolute atomic E-state index is 12.5. The van der Waals surface area contributed by atoms with E-state index in [-0.39, 0.29) is 6.04 Å². The first-order valence-corrected chi connectivity index (χ1v) is 13.9. The van der Waals surface area contributed by atoms with Gasteiger partial charge in [-0.05, 0) is 70.0 Å². The van der Waals surface area contributed by atoms with E-state index >= 15 is 0 Å². The normalized spacial score (nSPS) is 21.3. The quantitative estimate of drug-likeness (QED) is 0.334. The molecule has 2 aliphatic heterocycles. The van der Waals surface area contributed by atoms with E-state index < -0.39 is 23.5 Å². The molecule has 0 radical (unpaired) electrons. The van der Waals surface area contributed by atoms with Crippen molar-refractivity contribution in [1.82, 2.24) is 19.6 Å². The zero-order valence-corrected chi connectivity index (χ0v) is 24.9. The van der Waals surface area contributed by atoms with Gasteiger partial charge in [0.1, 0.15) is 6.29 Å². The number of nitrogens with zero attached hydrogens (tertiary/aromatic N) is 4. The number of piperazine rings is 2. The maximum atomic E-state index is 12.5. The van der Waals surface area contributed by atoms with Crippen LogP contribution < -0.4 is 0 Å². The van der Waals surface area contributed by atoms with Gasteiger partial charge in [0.25, 0.3) is 0 Å². The molecular weight excluding hydrogens is 558 g/mol. The Bertz CT molecular complexity index is 1100. The van der Waals surface area contributed by atoms with Crippen molar-refractivity contribution in [3.05, 3.63) is 76.9 Å². The minimum absolute atomic E-state index is 0.110. The molecule has 5 nitrogen and oxygen atoms in total. The summed E-state index contributed by atoms with van der Waals surface area (Å²) in [7, 11) is 8.18. The summed E-state index contributed by atoms with van der Waals surface area (Å²) in [6.07, 6.45) is -2.76. The van der Waals surface area contributed by atoms with Crippen molar-refractivity contribution < 1.29 is 31.1 Å². The second kappa shape index (κ2) is 16.2. The Morgan fingerprint density at radius 1 is 0.690 bits per heavy atom. The molecule has 0 aromatic heterocycles. The van der Waals surface area contributed by atoms with Gasteiger partial charge in [0.2, 0.25) is 0 Å². The van der Waals surface area contributed by atoms with Crippen LogP contribution in [0.3, 0.4) is 0 Å². The molecule has 2 aromatic carbocycles. The van der Waals surface area contributed by atoms with Gasteiger partial charge in [-0.1, -0.05) is 43.3 Å². The largest absolute Gasteiger partial charge is 0.416 e. The molecule has 2 heterocycles. The van der Waals surface area contributed by atoms with Crippen molar-refractivity contribution in [3.63, 3.8) is 0 Å². The molecule has 2 unspecified atom stereocenters. The van der Waals surface area contributed by atoms with Crippen LogP contribution >= 0.6 is 0 Å². The minimum atomic E-state index is -4.27. The third kappa shape index (κ3) is 11.9. The predicted molar refractivity (Wildman–Crippen MR) is 155 cm³/mol. The fourth-order valence-corrected chi connectivity index (χ4v) is 4.38. The number of aryl methyl sites for hydroxylation is 1. The van der Waals surface area contributed by atoms with E-state index in [4.69, 9.17) is 0 Å². The molecule has 42 heavy (non-hydrogen) atoms. The number of rotatable bonds is 4. The molecule has 0 aliphatic carbocycles. The molecule has 2 fully saturated rings. The van der Waals surface area contributed by atoms with Crippen LogP contribution in [-0.4, -0.2) is 105 Å². The lowest BCUT2D eigenvalue weighted by Gasteiger charge is -2.36. The highest BCUT2D eigenvalue weighted by molar-refractivity contribution is 5.58. The monoisotopic (exact) mass is 600 g/mol. The summed E-state index contributed by atoms with van der Waals surface area (Å²) in [5.41, 5.74) is 0.520. The molecule has 0 bridgehead atoms. The maximum Gasteiger partial charge on any atom is 0.416 e. The summed E-state index contributed by atoms with van der Waals surface area (Å²) in [6.45, 7) is 7.83. The summed E-state index contributed by atoms with van der Waals surface area (Å²) in [5.74, 6) is 0. The van der Waals surface area contributed by atoms with E-state index in [0.29, 0.717) is 6.04 Å². The van der Waals surface area contributed by atoms with Crippen molar-refractivity contribution in [2.24, 2.45) is 0 Å². The lowest BCUT2D eigenvalue weighted by molar-refractivity contribution is -0.138. The zero-order valence-electron chi connectivity index (χ0n) is 24.9. The third-order valence-electron chi connectivity index (χ3n) is 7.39. The summed E-state index contributed by atoms with van der Waals surface area (Å²) >= 11 is 0. The molecule has 0 amide bonds. The van der Waals surface area contributed by atoms with E-state index in [1.54, 1.807) is 0 Å². The first-order chi connectivity index (χ1) is 19.6. The molecule has 234 valence electrons. The molecular formula is C31H42F6N4O. The van der Waals surface area contributed by atoms with E-state index in [1.807, 2.05) is 27.1 Å². The van der Waals surface area contributed by atoms with Gasteiger partial charge in [-0.3, -0.25) is 9.80 Å². The zero-order chi connectivity index (χ0) is 31.5. The van der Waals surface area contributed by atoms with Gasteiger partial charge in [0, 0.05) is 45.3 Å². The summed E-state index contributed by atoms with van der Waals surface area (Å²) < 4.78 is 73.5. The van der Waals surface area contributed by atoms with Crippen LogP contribution in [0.4, 0.5) is 26.3 Å². The lowest BCUT2D eigenvalue weighted by Crippen LogP contribution is -2.50. The van der Waals surface area contributed by atoms with Crippen LogP contribution in [0.1, 0.15) is 29.2 Å². The van der Waals surface area contributed by atoms with E-state index in [2.05, 4.69) is 39.8 Å². The lowest BCUT2D eigenvalue weighted by atomic mass is 10.1. The fraction of sp³-hybridized carbons (Fsp3) is 0.516. The Hall–Kier alpha value is -2.73. The predicted octanol–water partition coefficient (Wildman–Crippen LogP) is 5.66. The van der Waals surface area contributed by atoms with Crippen molar-refractivity contribution in [2.75, 3.05) is 67.5 Å². The Balaban J connectivity index is 0.000000239. The van der Waals surface area contributed by atoms with Crippen LogP contribution in [0, 0.1) is 0 Å². The number of halogens is 6. The van der Waals surface area contributed by atoms with Gasteiger partial charge in [-0.25, -0.2) is 0 Å². The highest BCUT2D eigenvalue weighted by Gasteiger charge is 2.30. The highest BCUT2D eigenvalue weighted by atomic mass is 19.4. The second-order valence-corrected chi connectivity index (χ2v) is 10.8. The average Bonchev–Trinajstić information content (AvgIpc) is 2.95. The van der Waals surface area contributed by atoms with Crippen LogP contribution in [0.2, 0.25) is 0 Å². The standard InChI is InChI=1S/C15H19F3N2.C9H9F3.C7H14N2O/c1-19-9-10-20(2)14(11-19)8-5-12-3-6-13(7-4-12)15(16,17)18;1-2-7-3-5-8(6-4-7)9(10,11)12;1-8-3-4-9(2)7(5-8)6-10/h3-8,14H,9-11H2,1-2H3;3-6H,2H2,1H3;6-7H,3-5H2,1-2H3. The van der Waals surface area contributed by atoms with Gasteiger partial charge in [-0.2, -0.15) is 26.3 Å². The van der Waals surface area contributed by atoms with Gasteiger partial charge < -0.3 is 14.6 Å². The minimum Gasteiger partial charge on any atom is -0.303 e. The molecule has 0 spiro atoms. The Labute approximate surface area is 245 Å². The molecule has 0 saturated carbocycles. The fourth-order valence-electron chi connectivity index (χ4n) is 4.38. The SMILES string of the molecule is CCc1ccc(C(F)(F)F)cc1.CN1CCN(C)C(C=Cc2ccc(C(F)(F)F)cc2)C1.CN1CCN(C)C(C=O)C1. The smallest absolute Gasteiger partial charge is 0.303 e. The van der Waals surface area contributed by atoms with Crippen LogP contribution in [-0.2, 0) is 23.6 Å². The van der Waals surface area contributed by atoms with Crippen LogP contribution in [0.15, 0.2) is 54.6 Å². The molecule has 2 atom stereocenters. The van der Waals surface area contributed by atoms with Crippen LogP contribution in [0.25, 0.3) is 6.08 Å².